The molecule has 6 heteroatoms. The zero-order valence-corrected chi connectivity index (χ0v) is 17.0. The molecule has 1 aromatic rings. The van der Waals surface area contributed by atoms with Crippen LogP contribution in [-0.4, -0.2) is 53.3 Å². The molecule has 1 aliphatic carbocycles. The molecule has 5 nitrogen and oxygen atoms in total. The maximum Gasteiger partial charge on any atom is 0.113 e. The first-order valence-electron chi connectivity index (χ1n) is 9.64. The number of nitriles is 1. The highest BCUT2D eigenvalue weighted by Crippen LogP contribution is 2.51. The third kappa shape index (κ3) is 2.30. The molecule has 0 aromatic carbocycles. The summed E-state index contributed by atoms with van der Waals surface area (Å²) in [6.07, 6.45) is 6.11. The molecule has 3 aliphatic heterocycles. The zero-order valence-electron chi connectivity index (χ0n) is 15.4. The molecule has 0 amide bonds. The van der Waals surface area contributed by atoms with E-state index in [0.717, 1.165) is 37.1 Å². The van der Waals surface area contributed by atoms with Gasteiger partial charge in [-0.3, -0.25) is 9.88 Å². The van der Waals surface area contributed by atoms with Crippen LogP contribution in [0.3, 0.4) is 0 Å². The molecule has 138 valence electrons. The predicted octanol–water partition coefficient (Wildman–Crippen LogP) is 3.23. The molecule has 5 rings (SSSR count). The lowest BCUT2D eigenvalue weighted by Gasteiger charge is -2.56. The smallest absolute Gasteiger partial charge is 0.113 e. The third-order valence-corrected chi connectivity index (χ3v) is 7.31. The number of anilines is 1. The lowest BCUT2D eigenvalue weighted by molar-refractivity contribution is -0.0836. The fourth-order valence-corrected chi connectivity index (χ4v) is 6.03. The van der Waals surface area contributed by atoms with Gasteiger partial charge >= 0.3 is 0 Å². The number of hydrogen-bond acceptors (Lipinski definition) is 5. The van der Waals surface area contributed by atoms with Gasteiger partial charge in [-0.05, 0) is 47.7 Å². The number of morpholine rings is 1. The van der Waals surface area contributed by atoms with Crippen LogP contribution in [0.2, 0.25) is 0 Å². The number of fused-ring (bicyclic) bond motifs is 3. The lowest BCUT2D eigenvalue weighted by atomic mass is 9.70. The Balaban J connectivity index is 1.40. The second kappa shape index (κ2) is 5.67. The van der Waals surface area contributed by atoms with Crippen LogP contribution in [0.15, 0.2) is 16.7 Å². The standard InChI is InChI=1S/C20H25BrN4O/c1-19(2)12-24(17-5-13(21)8-23-18(17)19)16-6-20(7-16,11-22)25-14-3-4-15(25)10-26-9-14/h5,8,14-16H,3-4,6-7,9-10,12H2,1-2H3. The Labute approximate surface area is 163 Å². The van der Waals surface area contributed by atoms with Crippen molar-refractivity contribution in [2.45, 2.75) is 68.6 Å². The largest absolute Gasteiger partial charge is 0.378 e. The van der Waals surface area contributed by atoms with Crippen molar-refractivity contribution in [3.63, 3.8) is 0 Å². The van der Waals surface area contributed by atoms with E-state index in [4.69, 9.17) is 9.72 Å². The zero-order chi connectivity index (χ0) is 18.1. The molecule has 4 heterocycles. The monoisotopic (exact) mass is 416 g/mol. The maximum atomic E-state index is 10.1. The van der Waals surface area contributed by atoms with Crippen LogP contribution < -0.4 is 4.90 Å². The lowest BCUT2D eigenvalue weighted by Crippen LogP contribution is -2.68. The van der Waals surface area contributed by atoms with Crippen molar-refractivity contribution in [2.24, 2.45) is 0 Å². The average Bonchev–Trinajstić information content (AvgIpc) is 2.97. The topological polar surface area (TPSA) is 52.4 Å². The van der Waals surface area contributed by atoms with Crippen LogP contribution >= 0.6 is 15.9 Å². The molecule has 0 spiro atoms. The van der Waals surface area contributed by atoms with Crippen molar-refractivity contribution in [1.82, 2.24) is 9.88 Å². The van der Waals surface area contributed by atoms with Crippen molar-refractivity contribution in [1.29, 1.82) is 5.26 Å². The molecule has 26 heavy (non-hydrogen) atoms. The summed E-state index contributed by atoms with van der Waals surface area (Å²) in [4.78, 5) is 9.73. The summed E-state index contributed by atoms with van der Waals surface area (Å²) in [5.74, 6) is 0. The van der Waals surface area contributed by atoms with Gasteiger partial charge in [0.2, 0.25) is 0 Å². The van der Waals surface area contributed by atoms with E-state index in [1.165, 1.54) is 24.2 Å². The fraction of sp³-hybridized carbons (Fsp3) is 0.700. The minimum atomic E-state index is -0.299. The molecular weight excluding hydrogens is 392 g/mol. The first-order valence-corrected chi connectivity index (χ1v) is 10.4. The highest BCUT2D eigenvalue weighted by Gasteiger charge is 2.58. The van der Waals surface area contributed by atoms with Crippen molar-refractivity contribution < 1.29 is 4.74 Å². The van der Waals surface area contributed by atoms with E-state index in [0.29, 0.717) is 18.1 Å². The number of hydrogen-bond donors (Lipinski definition) is 0. The van der Waals surface area contributed by atoms with E-state index < -0.39 is 0 Å². The highest BCUT2D eigenvalue weighted by atomic mass is 79.9. The Morgan fingerprint density at radius 1 is 1.23 bits per heavy atom. The summed E-state index contributed by atoms with van der Waals surface area (Å²) in [5, 5.41) is 10.1. The number of pyridine rings is 1. The summed E-state index contributed by atoms with van der Waals surface area (Å²) < 4.78 is 6.76. The molecule has 4 aliphatic rings. The number of halogens is 1. The summed E-state index contributed by atoms with van der Waals surface area (Å²) in [5.41, 5.74) is 2.18. The predicted molar refractivity (Wildman–Crippen MR) is 103 cm³/mol. The molecule has 2 atom stereocenters. The first kappa shape index (κ1) is 17.0. The van der Waals surface area contributed by atoms with Gasteiger partial charge in [-0.25, -0.2) is 0 Å². The molecule has 1 saturated carbocycles. The van der Waals surface area contributed by atoms with Crippen LogP contribution in [0.5, 0.6) is 0 Å². The van der Waals surface area contributed by atoms with E-state index >= 15 is 0 Å². The minimum absolute atomic E-state index is 0.0545. The number of aromatic nitrogens is 1. The van der Waals surface area contributed by atoms with E-state index in [9.17, 15) is 5.26 Å². The van der Waals surface area contributed by atoms with Crippen LogP contribution in [0.1, 0.15) is 45.2 Å². The SMILES string of the molecule is CC1(C)CN(C2CC(C#N)(N3C4CCC3COC4)C2)c2cc(Br)cnc21. The Morgan fingerprint density at radius 3 is 2.58 bits per heavy atom. The van der Waals surface area contributed by atoms with Crippen LogP contribution in [0, 0.1) is 11.3 Å². The van der Waals surface area contributed by atoms with Gasteiger partial charge in [0.1, 0.15) is 5.54 Å². The summed E-state index contributed by atoms with van der Waals surface area (Å²) in [6.45, 7) is 7.10. The fourth-order valence-electron chi connectivity index (χ4n) is 5.71. The molecular formula is C20H25BrN4O. The van der Waals surface area contributed by atoms with Crippen LogP contribution in [0.4, 0.5) is 5.69 Å². The van der Waals surface area contributed by atoms with Crippen molar-refractivity contribution in [3.05, 3.63) is 22.4 Å². The second-order valence-electron chi connectivity index (χ2n) is 9.07. The molecule has 3 fully saturated rings. The van der Waals surface area contributed by atoms with Gasteiger partial charge in [-0.1, -0.05) is 13.8 Å². The van der Waals surface area contributed by atoms with E-state index in [2.05, 4.69) is 51.7 Å². The van der Waals surface area contributed by atoms with Gasteiger partial charge in [-0.2, -0.15) is 5.26 Å². The molecule has 0 N–H and O–H groups in total. The molecule has 2 saturated heterocycles. The number of nitrogens with zero attached hydrogens (tertiary/aromatic N) is 4. The van der Waals surface area contributed by atoms with E-state index in [1.54, 1.807) is 0 Å². The molecule has 1 aromatic heterocycles. The molecule has 0 radical (unpaired) electrons. The van der Waals surface area contributed by atoms with Crippen LogP contribution in [0.25, 0.3) is 0 Å². The highest BCUT2D eigenvalue weighted by molar-refractivity contribution is 9.10. The summed E-state index contributed by atoms with van der Waals surface area (Å²) in [7, 11) is 0. The van der Waals surface area contributed by atoms with Crippen molar-refractivity contribution in [3.8, 4) is 6.07 Å². The van der Waals surface area contributed by atoms with Gasteiger partial charge in [-0.15, -0.1) is 0 Å². The van der Waals surface area contributed by atoms with E-state index in [1.807, 2.05) is 6.20 Å². The van der Waals surface area contributed by atoms with Gasteiger partial charge in [0.25, 0.3) is 0 Å². The van der Waals surface area contributed by atoms with Gasteiger partial charge in [0, 0.05) is 40.8 Å². The average molecular weight is 417 g/mol. The minimum Gasteiger partial charge on any atom is -0.378 e. The summed E-state index contributed by atoms with van der Waals surface area (Å²) in [6, 6.07) is 6.21. The Kier molecular flexibility index (Phi) is 3.70. The number of ether oxygens (including phenoxy) is 1. The third-order valence-electron chi connectivity index (χ3n) is 6.88. The maximum absolute atomic E-state index is 10.1. The van der Waals surface area contributed by atoms with Crippen molar-refractivity contribution >= 4 is 21.6 Å². The van der Waals surface area contributed by atoms with Crippen LogP contribution in [-0.2, 0) is 10.2 Å². The number of rotatable bonds is 2. The Bertz CT molecular complexity index is 767. The first-order chi connectivity index (χ1) is 12.4. The quantitative estimate of drug-likeness (QED) is 0.740. The van der Waals surface area contributed by atoms with Crippen molar-refractivity contribution in [2.75, 3.05) is 24.7 Å². The van der Waals surface area contributed by atoms with Gasteiger partial charge in [0.05, 0.1) is 30.7 Å². The Hall–Kier alpha value is -1.16. The van der Waals surface area contributed by atoms with Gasteiger partial charge in [0.15, 0.2) is 0 Å². The molecule has 2 bridgehead atoms. The van der Waals surface area contributed by atoms with E-state index in [-0.39, 0.29) is 11.0 Å². The second-order valence-corrected chi connectivity index (χ2v) is 9.98. The molecule has 2 unspecified atom stereocenters. The van der Waals surface area contributed by atoms with Gasteiger partial charge < -0.3 is 9.64 Å². The Morgan fingerprint density at radius 2 is 1.92 bits per heavy atom. The summed E-state index contributed by atoms with van der Waals surface area (Å²) >= 11 is 3.58. The normalized spacial score (nSPS) is 37.9.